The number of rotatable bonds is 5. The topological polar surface area (TPSA) is 136 Å². The van der Waals surface area contributed by atoms with Crippen LogP contribution >= 0.6 is 11.6 Å². The minimum Gasteiger partial charge on any atom is -0.439 e. The number of amides is 1. The maximum Gasteiger partial charge on any atom is 0.254 e. The number of anilines is 1. The van der Waals surface area contributed by atoms with E-state index in [1.54, 1.807) is 46.0 Å². The van der Waals surface area contributed by atoms with Gasteiger partial charge in [-0.25, -0.2) is 9.67 Å². The summed E-state index contributed by atoms with van der Waals surface area (Å²) in [5, 5.41) is 14.2. The van der Waals surface area contributed by atoms with Gasteiger partial charge in [-0.3, -0.25) is 4.79 Å². The fourth-order valence-corrected chi connectivity index (χ4v) is 3.54. The average Bonchev–Trinajstić information content (AvgIpc) is 3.34. The first-order chi connectivity index (χ1) is 14.5. The van der Waals surface area contributed by atoms with E-state index in [4.69, 9.17) is 33.1 Å². The van der Waals surface area contributed by atoms with Gasteiger partial charge in [0.2, 0.25) is 5.88 Å². The Labute approximate surface area is 177 Å². The van der Waals surface area contributed by atoms with Gasteiger partial charge in [-0.2, -0.15) is 10.4 Å². The Balaban J connectivity index is 1.63. The van der Waals surface area contributed by atoms with E-state index >= 15 is 0 Å². The van der Waals surface area contributed by atoms with Crippen LogP contribution in [-0.4, -0.2) is 38.7 Å². The number of aromatic nitrogens is 3. The van der Waals surface area contributed by atoms with Crippen molar-refractivity contribution in [1.29, 1.82) is 5.26 Å². The number of nitrogens with two attached hydrogens (primary N) is 2. The van der Waals surface area contributed by atoms with Crippen LogP contribution in [0.15, 0.2) is 42.6 Å². The zero-order valence-electron chi connectivity index (χ0n) is 15.8. The van der Waals surface area contributed by atoms with Crippen LogP contribution in [0.1, 0.15) is 22.8 Å². The third-order valence-corrected chi connectivity index (χ3v) is 5.12. The van der Waals surface area contributed by atoms with Gasteiger partial charge in [0.1, 0.15) is 22.8 Å². The van der Waals surface area contributed by atoms with E-state index in [9.17, 15) is 4.79 Å². The molecule has 4 rings (SSSR count). The molecular formula is C20H18ClN7O2. The molecular weight excluding hydrogens is 406 g/mol. The van der Waals surface area contributed by atoms with E-state index in [1.807, 2.05) is 0 Å². The molecule has 1 unspecified atom stereocenters. The molecule has 1 saturated heterocycles. The fourth-order valence-electron chi connectivity index (χ4n) is 3.43. The Bertz CT molecular complexity index is 1120. The molecule has 1 aromatic carbocycles. The summed E-state index contributed by atoms with van der Waals surface area (Å²) in [7, 11) is 0. The zero-order chi connectivity index (χ0) is 21.3. The number of benzene rings is 1. The van der Waals surface area contributed by atoms with Crippen molar-refractivity contribution >= 4 is 23.3 Å². The number of nitrogen functional groups attached to an aromatic ring is 1. The van der Waals surface area contributed by atoms with E-state index in [0.29, 0.717) is 47.4 Å². The highest BCUT2D eigenvalue weighted by molar-refractivity contribution is 6.30. The molecule has 10 heteroatoms. The number of carbonyl (C=O) groups is 1. The maximum absolute atomic E-state index is 12.1. The van der Waals surface area contributed by atoms with Gasteiger partial charge in [-0.05, 0) is 36.8 Å². The maximum atomic E-state index is 12.1. The summed E-state index contributed by atoms with van der Waals surface area (Å²) in [6, 6.07) is 10.2. The number of halogens is 1. The molecule has 1 aliphatic rings. The van der Waals surface area contributed by atoms with Crippen LogP contribution in [0.2, 0.25) is 5.02 Å². The summed E-state index contributed by atoms with van der Waals surface area (Å²) < 4.78 is 7.28. The molecule has 1 fully saturated rings. The van der Waals surface area contributed by atoms with Crippen LogP contribution in [0.4, 0.5) is 5.82 Å². The molecule has 3 heterocycles. The monoisotopic (exact) mass is 423 g/mol. The van der Waals surface area contributed by atoms with Crippen LogP contribution in [0.3, 0.4) is 0 Å². The molecule has 0 saturated carbocycles. The van der Waals surface area contributed by atoms with Gasteiger partial charge >= 0.3 is 0 Å². The van der Waals surface area contributed by atoms with E-state index < -0.39 is 5.91 Å². The number of nitriles is 1. The normalized spacial score (nSPS) is 15.7. The molecule has 0 radical (unpaired) electrons. The first-order valence-electron chi connectivity index (χ1n) is 9.18. The van der Waals surface area contributed by atoms with Crippen molar-refractivity contribution in [1.82, 2.24) is 19.7 Å². The van der Waals surface area contributed by atoms with Crippen LogP contribution in [0.25, 0.3) is 11.3 Å². The molecule has 152 valence electrons. The summed E-state index contributed by atoms with van der Waals surface area (Å²) in [4.78, 5) is 17.8. The van der Waals surface area contributed by atoms with Crippen LogP contribution in [0, 0.1) is 11.5 Å². The zero-order valence-corrected chi connectivity index (χ0v) is 16.6. The molecule has 1 aliphatic heterocycles. The Kier molecular flexibility index (Phi) is 5.16. The number of hydrogen-bond acceptors (Lipinski definition) is 7. The second-order valence-corrected chi connectivity index (χ2v) is 7.28. The molecule has 0 bridgehead atoms. The lowest BCUT2D eigenvalue weighted by Crippen LogP contribution is -2.19. The molecule has 9 nitrogen and oxygen atoms in total. The van der Waals surface area contributed by atoms with Gasteiger partial charge in [0, 0.05) is 24.4 Å². The number of hydrogen-bond donors (Lipinski definition) is 2. The Morgan fingerprint density at radius 2 is 2.03 bits per heavy atom. The number of carbonyl (C=O) groups excluding carboxylic acids is 1. The quantitative estimate of drug-likeness (QED) is 0.602. The van der Waals surface area contributed by atoms with Gasteiger partial charge in [-0.1, -0.05) is 11.6 Å². The van der Waals surface area contributed by atoms with Gasteiger partial charge in [0.05, 0.1) is 17.6 Å². The number of pyridine rings is 1. The molecule has 1 amide bonds. The molecule has 30 heavy (non-hydrogen) atoms. The molecule has 0 spiro atoms. The van der Waals surface area contributed by atoms with Crippen molar-refractivity contribution in [2.75, 3.05) is 18.8 Å². The number of nitrogens with zero attached hydrogens (tertiary/aromatic N) is 5. The summed E-state index contributed by atoms with van der Waals surface area (Å²) in [6.07, 6.45) is 4.32. The highest BCUT2D eigenvalue weighted by Gasteiger charge is 2.29. The van der Waals surface area contributed by atoms with Crippen molar-refractivity contribution in [3.63, 3.8) is 0 Å². The van der Waals surface area contributed by atoms with Gasteiger partial charge in [0.25, 0.3) is 5.91 Å². The number of likely N-dealkylation sites (tertiary alicyclic amines) is 1. The second-order valence-electron chi connectivity index (χ2n) is 6.85. The van der Waals surface area contributed by atoms with Gasteiger partial charge in [-0.15, -0.1) is 0 Å². The predicted molar refractivity (Wildman–Crippen MR) is 111 cm³/mol. The Morgan fingerprint density at radius 3 is 2.63 bits per heavy atom. The minimum absolute atomic E-state index is 0.102. The largest absolute Gasteiger partial charge is 0.439 e. The van der Waals surface area contributed by atoms with Gasteiger partial charge < -0.3 is 21.1 Å². The van der Waals surface area contributed by atoms with E-state index in [1.165, 1.54) is 6.20 Å². The summed E-state index contributed by atoms with van der Waals surface area (Å²) in [5.74, 6) is 0.506. The van der Waals surface area contributed by atoms with Crippen molar-refractivity contribution in [3.8, 4) is 29.1 Å². The fraction of sp³-hybridized carbons (Fsp3) is 0.200. The Hall–Kier alpha value is -3.77. The third-order valence-electron chi connectivity index (χ3n) is 4.89. The molecule has 0 aliphatic carbocycles. The van der Waals surface area contributed by atoms with Crippen molar-refractivity contribution < 1.29 is 9.53 Å². The lowest BCUT2D eigenvalue weighted by Gasteiger charge is -2.12. The van der Waals surface area contributed by atoms with E-state index in [2.05, 4.69) is 16.3 Å². The second kappa shape index (κ2) is 7.93. The van der Waals surface area contributed by atoms with Crippen molar-refractivity contribution in [2.24, 2.45) is 5.73 Å². The van der Waals surface area contributed by atoms with Crippen LogP contribution in [-0.2, 0) is 0 Å². The highest BCUT2D eigenvalue weighted by Crippen LogP contribution is 2.33. The van der Waals surface area contributed by atoms with Crippen LogP contribution in [0.5, 0.6) is 11.6 Å². The summed E-state index contributed by atoms with van der Waals surface area (Å²) >= 11 is 5.83. The molecule has 2 aromatic heterocycles. The number of ether oxygens (including phenoxy) is 1. The Morgan fingerprint density at radius 1 is 1.27 bits per heavy atom. The van der Waals surface area contributed by atoms with Crippen molar-refractivity contribution in [2.45, 2.75) is 12.5 Å². The summed E-state index contributed by atoms with van der Waals surface area (Å²) in [5.41, 5.74) is 13.0. The van der Waals surface area contributed by atoms with Gasteiger partial charge in [0.15, 0.2) is 6.19 Å². The predicted octanol–water partition coefficient (Wildman–Crippen LogP) is 2.80. The van der Waals surface area contributed by atoms with E-state index in [-0.39, 0.29) is 17.4 Å². The minimum atomic E-state index is -0.658. The van der Waals surface area contributed by atoms with Crippen molar-refractivity contribution in [3.05, 3.63) is 53.2 Å². The average molecular weight is 424 g/mol. The lowest BCUT2D eigenvalue weighted by atomic mass is 10.1. The molecule has 4 N–H and O–H groups in total. The number of primary amides is 1. The smallest absolute Gasteiger partial charge is 0.254 e. The first-order valence-corrected chi connectivity index (χ1v) is 9.56. The first kappa shape index (κ1) is 19.5. The third kappa shape index (κ3) is 3.73. The molecule has 1 atom stereocenters. The SMILES string of the molecule is N#CN1CCC(n2nc(-c3ccc(Oc4ccc(Cl)cn4)cc3)c(C(N)=O)c2N)C1. The molecule has 3 aromatic rings. The summed E-state index contributed by atoms with van der Waals surface area (Å²) in [6.45, 7) is 1.10. The highest BCUT2D eigenvalue weighted by atomic mass is 35.5. The lowest BCUT2D eigenvalue weighted by molar-refractivity contribution is 0.100. The standard InChI is InChI=1S/C20H18ClN7O2/c21-13-3-6-16(25-9-13)30-15-4-1-12(2-5-15)18-17(20(24)29)19(23)28(26-18)14-7-8-27(10-14)11-22/h1-6,9,14H,7-8,10,23H2,(H2,24,29). The van der Waals surface area contributed by atoms with E-state index in [0.717, 1.165) is 0 Å². The van der Waals surface area contributed by atoms with Crippen LogP contribution < -0.4 is 16.2 Å².